The fraction of sp³-hybridized carbons (Fsp3) is 0.154. The molecule has 0 unspecified atom stereocenters. The minimum Gasteiger partial charge on any atom is -0.394 e. The van der Waals surface area contributed by atoms with Gasteiger partial charge in [0.25, 0.3) is 0 Å². The summed E-state index contributed by atoms with van der Waals surface area (Å²) in [5.74, 6) is -2.29. The molecular formula is C13H13F2N3O2S. The molecule has 1 aromatic heterocycles. The summed E-state index contributed by atoms with van der Waals surface area (Å²) in [6, 6.07) is 6.90. The summed E-state index contributed by atoms with van der Waals surface area (Å²) >= 11 is 0. The number of pyridine rings is 1. The van der Waals surface area contributed by atoms with Gasteiger partial charge in [0.1, 0.15) is 16.4 Å². The van der Waals surface area contributed by atoms with E-state index in [9.17, 15) is 17.2 Å². The van der Waals surface area contributed by atoms with E-state index < -0.39 is 32.2 Å². The van der Waals surface area contributed by atoms with Crippen molar-refractivity contribution in [3.8, 4) is 0 Å². The Balaban J connectivity index is 2.11. The van der Waals surface area contributed by atoms with E-state index in [0.717, 1.165) is 12.1 Å². The van der Waals surface area contributed by atoms with Crippen LogP contribution in [0.1, 0.15) is 5.69 Å². The molecule has 2 rings (SSSR count). The average Bonchev–Trinajstić information content (AvgIpc) is 2.45. The van der Waals surface area contributed by atoms with Gasteiger partial charge in [0.05, 0.1) is 0 Å². The Morgan fingerprint density at radius 1 is 1.19 bits per heavy atom. The molecule has 0 aliphatic rings. The van der Waals surface area contributed by atoms with Crippen molar-refractivity contribution in [1.82, 2.24) is 9.71 Å². The first-order valence-corrected chi connectivity index (χ1v) is 7.53. The molecule has 0 bridgehead atoms. The fourth-order valence-electron chi connectivity index (χ4n) is 1.69. The molecule has 3 N–H and O–H groups in total. The number of benzene rings is 1. The number of nitrogens with one attached hydrogen (secondary N) is 1. The van der Waals surface area contributed by atoms with Gasteiger partial charge >= 0.3 is 0 Å². The lowest BCUT2D eigenvalue weighted by Gasteiger charge is -2.09. The van der Waals surface area contributed by atoms with Crippen LogP contribution >= 0.6 is 0 Å². The Morgan fingerprint density at radius 3 is 2.62 bits per heavy atom. The van der Waals surface area contributed by atoms with Crippen LogP contribution < -0.4 is 10.5 Å². The van der Waals surface area contributed by atoms with E-state index in [1.165, 1.54) is 0 Å². The Kier molecular flexibility index (Phi) is 4.49. The number of aromatic nitrogens is 1. The maximum Gasteiger partial charge on any atom is 0.243 e. The standard InChI is InChI=1S/C13H13F2N3O2S/c14-10-4-5-11(12(15)13(10)16)21(19,20)18-8-6-9-3-1-2-7-17-9/h1-5,7,18H,6,8,16H2. The van der Waals surface area contributed by atoms with Gasteiger partial charge in [-0.1, -0.05) is 6.07 Å². The van der Waals surface area contributed by atoms with Crippen LogP contribution in [0.15, 0.2) is 41.4 Å². The maximum absolute atomic E-state index is 13.7. The van der Waals surface area contributed by atoms with Crippen LogP contribution in [0.4, 0.5) is 14.5 Å². The molecule has 21 heavy (non-hydrogen) atoms. The number of sulfonamides is 1. The molecule has 112 valence electrons. The normalized spacial score (nSPS) is 11.5. The van der Waals surface area contributed by atoms with E-state index in [1.807, 2.05) is 0 Å². The highest BCUT2D eigenvalue weighted by Crippen LogP contribution is 2.22. The van der Waals surface area contributed by atoms with Crippen molar-refractivity contribution in [2.45, 2.75) is 11.3 Å². The third-order valence-corrected chi connectivity index (χ3v) is 4.26. The minimum atomic E-state index is -4.10. The Labute approximate surface area is 120 Å². The molecule has 1 aromatic carbocycles. The number of rotatable bonds is 5. The summed E-state index contributed by atoms with van der Waals surface area (Å²) < 4.78 is 52.9. The van der Waals surface area contributed by atoms with Crippen LogP contribution in [-0.2, 0) is 16.4 Å². The molecule has 0 fully saturated rings. The number of halogens is 2. The molecule has 0 aliphatic carbocycles. The summed E-state index contributed by atoms with van der Waals surface area (Å²) in [5, 5.41) is 0. The number of anilines is 1. The van der Waals surface area contributed by atoms with Gasteiger partial charge in [0.15, 0.2) is 5.82 Å². The quantitative estimate of drug-likeness (QED) is 0.819. The fourth-order valence-corrected chi connectivity index (χ4v) is 2.81. The summed E-state index contributed by atoms with van der Waals surface area (Å²) in [6.07, 6.45) is 1.93. The highest BCUT2D eigenvalue weighted by atomic mass is 32.2. The van der Waals surface area contributed by atoms with Gasteiger partial charge in [0.2, 0.25) is 10.0 Å². The van der Waals surface area contributed by atoms with Gasteiger partial charge in [-0.05, 0) is 24.3 Å². The van der Waals surface area contributed by atoms with E-state index in [2.05, 4.69) is 9.71 Å². The second-order valence-corrected chi connectivity index (χ2v) is 5.98. The van der Waals surface area contributed by atoms with Crippen LogP contribution in [0.25, 0.3) is 0 Å². The number of hydrogen-bond acceptors (Lipinski definition) is 4. The molecule has 0 amide bonds. The van der Waals surface area contributed by atoms with E-state index in [1.54, 1.807) is 24.4 Å². The number of nitrogens with zero attached hydrogens (tertiary/aromatic N) is 1. The van der Waals surface area contributed by atoms with E-state index in [0.29, 0.717) is 12.1 Å². The number of nitrogen functional groups attached to an aromatic ring is 1. The molecule has 5 nitrogen and oxygen atoms in total. The lowest BCUT2D eigenvalue weighted by molar-refractivity contribution is 0.548. The topological polar surface area (TPSA) is 85.1 Å². The zero-order chi connectivity index (χ0) is 15.5. The predicted molar refractivity (Wildman–Crippen MR) is 73.9 cm³/mol. The Hall–Kier alpha value is -2.06. The molecule has 0 radical (unpaired) electrons. The van der Waals surface area contributed by atoms with Crippen LogP contribution in [0.3, 0.4) is 0 Å². The lowest BCUT2D eigenvalue weighted by Crippen LogP contribution is -2.27. The Morgan fingerprint density at radius 2 is 1.95 bits per heavy atom. The van der Waals surface area contributed by atoms with Gasteiger partial charge in [0, 0.05) is 24.9 Å². The highest BCUT2D eigenvalue weighted by Gasteiger charge is 2.22. The van der Waals surface area contributed by atoms with E-state index in [-0.39, 0.29) is 6.54 Å². The zero-order valence-electron chi connectivity index (χ0n) is 10.9. The second kappa shape index (κ2) is 6.15. The number of nitrogens with two attached hydrogens (primary N) is 1. The zero-order valence-corrected chi connectivity index (χ0v) is 11.7. The van der Waals surface area contributed by atoms with Gasteiger partial charge in [-0.2, -0.15) is 0 Å². The SMILES string of the molecule is Nc1c(F)ccc(S(=O)(=O)NCCc2ccccn2)c1F. The van der Waals surface area contributed by atoms with E-state index >= 15 is 0 Å². The Bertz CT molecular complexity index is 737. The average molecular weight is 313 g/mol. The van der Waals surface area contributed by atoms with Crippen LogP contribution in [0.5, 0.6) is 0 Å². The van der Waals surface area contributed by atoms with Gasteiger partial charge in [-0.3, -0.25) is 4.98 Å². The number of hydrogen-bond donors (Lipinski definition) is 2. The monoisotopic (exact) mass is 313 g/mol. The third-order valence-electron chi connectivity index (χ3n) is 2.78. The molecule has 0 atom stereocenters. The maximum atomic E-state index is 13.7. The van der Waals surface area contributed by atoms with Crippen molar-refractivity contribution in [2.75, 3.05) is 12.3 Å². The van der Waals surface area contributed by atoms with Crippen molar-refractivity contribution in [2.24, 2.45) is 0 Å². The van der Waals surface area contributed by atoms with Crippen LogP contribution in [0.2, 0.25) is 0 Å². The summed E-state index contributed by atoms with van der Waals surface area (Å²) in [4.78, 5) is 3.36. The summed E-state index contributed by atoms with van der Waals surface area (Å²) in [7, 11) is -4.10. The molecule has 1 heterocycles. The van der Waals surface area contributed by atoms with Gasteiger partial charge in [-0.25, -0.2) is 21.9 Å². The summed E-state index contributed by atoms with van der Waals surface area (Å²) in [6.45, 7) is 0.0378. The van der Waals surface area contributed by atoms with Crippen LogP contribution in [0, 0.1) is 11.6 Å². The first-order chi connectivity index (χ1) is 9.92. The molecule has 0 saturated heterocycles. The largest absolute Gasteiger partial charge is 0.394 e. The molecule has 0 saturated carbocycles. The molecule has 2 aromatic rings. The van der Waals surface area contributed by atoms with Crippen molar-refractivity contribution in [1.29, 1.82) is 0 Å². The van der Waals surface area contributed by atoms with Gasteiger partial charge in [-0.15, -0.1) is 0 Å². The predicted octanol–water partition coefficient (Wildman–Crippen LogP) is 1.46. The molecular weight excluding hydrogens is 300 g/mol. The van der Waals surface area contributed by atoms with Crippen molar-refractivity contribution >= 4 is 15.7 Å². The second-order valence-electron chi connectivity index (χ2n) is 4.24. The van der Waals surface area contributed by atoms with Crippen molar-refractivity contribution in [3.63, 3.8) is 0 Å². The third kappa shape index (κ3) is 3.53. The highest BCUT2D eigenvalue weighted by molar-refractivity contribution is 7.89. The van der Waals surface area contributed by atoms with Crippen molar-refractivity contribution in [3.05, 3.63) is 53.9 Å². The van der Waals surface area contributed by atoms with Crippen LogP contribution in [-0.4, -0.2) is 19.9 Å². The van der Waals surface area contributed by atoms with E-state index in [4.69, 9.17) is 5.73 Å². The molecule has 0 spiro atoms. The minimum absolute atomic E-state index is 0.0378. The molecule has 0 aliphatic heterocycles. The molecule has 8 heteroatoms. The summed E-state index contributed by atoms with van der Waals surface area (Å²) in [5.41, 5.74) is 5.02. The first-order valence-electron chi connectivity index (χ1n) is 6.05. The smallest absolute Gasteiger partial charge is 0.243 e. The lowest BCUT2D eigenvalue weighted by atomic mass is 10.3. The first kappa shape index (κ1) is 15.3. The van der Waals surface area contributed by atoms with Crippen molar-refractivity contribution < 1.29 is 17.2 Å². The van der Waals surface area contributed by atoms with Gasteiger partial charge < -0.3 is 5.73 Å².